The molecule has 0 amide bonds. The third kappa shape index (κ3) is 6.23. The molecular formula is C29H31NO8S. The summed E-state index contributed by atoms with van der Waals surface area (Å²) < 4.78 is 49.9. The first-order valence-electron chi connectivity index (χ1n) is 12.5. The van der Waals surface area contributed by atoms with E-state index in [1.165, 1.54) is 36.7 Å². The molecule has 1 atom stereocenters. The maximum Gasteiger partial charge on any atom is 0.308 e. The Morgan fingerprint density at radius 3 is 2.36 bits per heavy atom. The lowest BCUT2D eigenvalue weighted by atomic mass is 9.92. The number of Topliss-reactive ketones (excluding diaryl/α,β-unsaturated/α-hetero) is 1. The van der Waals surface area contributed by atoms with Crippen molar-refractivity contribution in [2.24, 2.45) is 0 Å². The van der Waals surface area contributed by atoms with Crippen molar-refractivity contribution in [3.8, 4) is 17.2 Å². The molecule has 0 radical (unpaired) electrons. The fraction of sp³-hybridized carbons (Fsp3) is 0.310. The van der Waals surface area contributed by atoms with Gasteiger partial charge in [-0.05, 0) is 66.9 Å². The van der Waals surface area contributed by atoms with Gasteiger partial charge in [0.25, 0.3) is 0 Å². The van der Waals surface area contributed by atoms with Crippen LogP contribution in [0.1, 0.15) is 40.9 Å². The number of ether oxygens (including phenoxy) is 4. The molecule has 10 heteroatoms. The maximum atomic E-state index is 13.7. The van der Waals surface area contributed by atoms with Crippen LogP contribution in [0.3, 0.4) is 0 Å². The molecule has 9 nitrogen and oxygen atoms in total. The quantitative estimate of drug-likeness (QED) is 0.257. The average Bonchev–Trinajstić information content (AvgIpc) is 2.96. The van der Waals surface area contributed by atoms with Crippen molar-refractivity contribution in [3.05, 3.63) is 83.4 Å². The van der Waals surface area contributed by atoms with Gasteiger partial charge in [-0.25, -0.2) is 8.42 Å². The Balaban J connectivity index is 1.54. The normalized spacial score (nSPS) is 15.2. The van der Waals surface area contributed by atoms with Gasteiger partial charge in [0.05, 0.1) is 43.7 Å². The second-order valence-electron chi connectivity index (χ2n) is 8.84. The molecule has 0 aliphatic carbocycles. The zero-order chi connectivity index (χ0) is 28.0. The molecule has 1 aliphatic heterocycles. The lowest BCUT2D eigenvalue weighted by Gasteiger charge is -2.36. The minimum atomic E-state index is -3.95. The second-order valence-corrected chi connectivity index (χ2v) is 10.7. The number of benzene rings is 3. The van der Waals surface area contributed by atoms with Gasteiger partial charge in [0.1, 0.15) is 17.2 Å². The Morgan fingerprint density at radius 2 is 1.67 bits per heavy atom. The summed E-state index contributed by atoms with van der Waals surface area (Å²) in [6.07, 6.45) is 0.252. The van der Waals surface area contributed by atoms with Gasteiger partial charge in [-0.15, -0.1) is 0 Å². The van der Waals surface area contributed by atoms with Crippen molar-refractivity contribution in [2.45, 2.75) is 30.7 Å². The van der Waals surface area contributed by atoms with E-state index in [1.54, 1.807) is 24.3 Å². The van der Waals surface area contributed by atoms with Crippen LogP contribution in [0.2, 0.25) is 0 Å². The van der Waals surface area contributed by atoms with Gasteiger partial charge in [-0.1, -0.05) is 24.3 Å². The minimum Gasteiger partial charge on any atom is -0.497 e. The number of hydrogen-bond acceptors (Lipinski definition) is 8. The third-order valence-electron chi connectivity index (χ3n) is 6.54. The summed E-state index contributed by atoms with van der Waals surface area (Å²) in [5.74, 6) is 0.184. The van der Waals surface area contributed by atoms with Crippen LogP contribution in [-0.2, 0) is 26.0 Å². The number of carbonyl (C=O) groups is 2. The summed E-state index contributed by atoms with van der Waals surface area (Å²) in [5, 5.41) is 0. The molecule has 206 valence electrons. The molecule has 0 N–H and O–H groups in total. The van der Waals surface area contributed by atoms with Crippen LogP contribution >= 0.6 is 0 Å². The number of ketones is 1. The molecule has 0 aromatic heterocycles. The van der Waals surface area contributed by atoms with Crippen LogP contribution in [0.25, 0.3) is 0 Å². The molecule has 1 aliphatic rings. The first-order chi connectivity index (χ1) is 18.8. The molecular weight excluding hydrogens is 522 g/mol. The van der Waals surface area contributed by atoms with Crippen LogP contribution in [0.15, 0.2) is 71.6 Å². The van der Waals surface area contributed by atoms with E-state index in [-0.39, 0.29) is 23.4 Å². The van der Waals surface area contributed by atoms with Crippen LogP contribution in [-0.4, -0.2) is 58.5 Å². The largest absolute Gasteiger partial charge is 0.497 e. The highest BCUT2D eigenvalue weighted by molar-refractivity contribution is 7.89. The van der Waals surface area contributed by atoms with Gasteiger partial charge in [-0.2, -0.15) is 4.31 Å². The average molecular weight is 554 g/mol. The zero-order valence-corrected chi connectivity index (χ0v) is 22.9. The summed E-state index contributed by atoms with van der Waals surface area (Å²) in [6.45, 7) is 1.99. The number of carbonyl (C=O) groups excluding carboxylic acids is 2. The predicted octanol–water partition coefficient (Wildman–Crippen LogP) is 4.21. The van der Waals surface area contributed by atoms with Gasteiger partial charge in [0, 0.05) is 6.54 Å². The minimum absolute atomic E-state index is 0.101. The number of sulfonamides is 1. The van der Waals surface area contributed by atoms with E-state index in [4.69, 9.17) is 18.9 Å². The number of rotatable bonds is 11. The first-order valence-corrected chi connectivity index (χ1v) is 14.0. The van der Waals surface area contributed by atoms with Crippen molar-refractivity contribution < 1.29 is 37.0 Å². The SMILES string of the molecule is CCOc1ccc(S(=O)(=O)N2CCc3ccccc3[C@@H]2CC(=O)OCC(=O)c2cc(OC)ccc2OC)cc1. The number of nitrogens with zero attached hydrogens (tertiary/aromatic N) is 1. The smallest absolute Gasteiger partial charge is 0.308 e. The van der Waals surface area contributed by atoms with Gasteiger partial charge in [0.15, 0.2) is 6.61 Å². The highest BCUT2D eigenvalue weighted by Crippen LogP contribution is 2.37. The number of methoxy groups -OCH3 is 2. The van der Waals surface area contributed by atoms with E-state index in [0.29, 0.717) is 30.3 Å². The Kier molecular flexibility index (Phi) is 8.88. The predicted molar refractivity (Wildman–Crippen MR) is 144 cm³/mol. The van der Waals surface area contributed by atoms with Gasteiger partial charge in [-0.3, -0.25) is 9.59 Å². The van der Waals surface area contributed by atoms with E-state index < -0.39 is 34.4 Å². The van der Waals surface area contributed by atoms with E-state index in [1.807, 2.05) is 31.2 Å². The summed E-state index contributed by atoms with van der Waals surface area (Å²) in [6, 6.07) is 17.6. The second kappa shape index (κ2) is 12.3. The topological polar surface area (TPSA) is 108 Å². The van der Waals surface area contributed by atoms with Crippen LogP contribution in [0, 0.1) is 0 Å². The Bertz CT molecular complexity index is 1440. The summed E-state index contributed by atoms with van der Waals surface area (Å²) in [5.41, 5.74) is 1.91. The van der Waals surface area contributed by atoms with Crippen LogP contribution < -0.4 is 14.2 Å². The molecule has 0 bridgehead atoms. The number of esters is 1. The van der Waals surface area contributed by atoms with E-state index in [0.717, 1.165) is 11.1 Å². The van der Waals surface area contributed by atoms with Crippen molar-refractivity contribution >= 4 is 21.8 Å². The molecule has 0 saturated carbocycles. The molecule has 0 unspecified atom stereocenters. The molecule has 3 aromatic carbocycles. The molecule has 39 heavy (non-hydrogen) atoms. The summed E-state index contributed by atoms with van der Waals surface area (Å²) in [7, 11) is -1.04. The Labute approximate surface area is 228 Å². The van der Waals surface area contributed by atoms with E-state index >= 15 is 0 Å². The molecule has 0 spiro atoms. The van der Waals surface area contributed by atoms with Crippen molar-refractivity contribution in [3.63, 3.8) is 0 Å². The van der Waals surface area contributed by atoms with Crippen molar-refractivity contribution in [1.29, 1.82) is 0 Å². The number of hydrogen-bond donors (Lipinski definition) is 0. The fourth-order valence-corrected chi connectivity index (χ4v) is 6.22. The van der Waals surface area contributed by atoms with E-state index in [2.05, 4.69) is 0 Å². The lowest BCUT2D eigenvalue weighted by molar-refractivity contribution is -0.143. The molecule has 3 aromatic rings. The number of fused-ring (bicyclic) bond motifs is 1. The lowest BCUT2D eigenvalue weighted by Crippen LogP contribution is -2.41. The maximum absolute atomic E-state index is 13.7. The van der Waals surface area contributed by atoms with E-state index in [9.17, 15) is 18.0 Å². The monoisotopic (exact) mass is 553 g/mol. The highest BCUT2D eigenvalue weighted by Gasteiger charge is 2.38. The zero-order valence-electron chi connectivity index (χ0n) is 22.1. The van der Waals surface area contributed by atoms with Crippen molar-refractivity contribution in [1.82, 2.24) is 4.31 Å². The first kappa shape index (κ1) is 28.1. The third-order valence-corrected chi connectivity index (χ3v) is 8.46. The van der Waals surface area contributed by atoms with Crippen molar-refractivity contribution in [2.75, 3.05) is 34.0 Å². The van der Waals surface area contributed by atoms with Gasteiger partial charge < -0.3 is 18.9 Å². The standard InChI is InChI=1S/C29H31NO8S/c1-4-37-21-9-12-23(13-10-21)39(33,34)30-16-15-20-7-5-6-8-24(20)26(30)18-29(32)38-19-27(31)25-17-22(35-2)11-14-28(25)36-3/h5-14,17,26H,4,15-16,18-19H2,1-3H3/t26-/m0/s1. The fourth-order valence-electron chi connectivity index (χ4n) is 4.61. The molecule has 0 fully saturated rings. The molecule has 0 saturated heterocycles. The van der Waals surface area contributed by atoms with Gasteiger partial charge >= 0.3 is 5.97 Å². The summed E-state index contributed by atoms with van der Waals surface area (Å²) in [4.78, 5) is 25.9. The summed E-state index contributed by atoms with van der Waals surface area (Å²) >= 11 is 0. The Hall–Kier alpha value is -3.89. The van der Waals surface area contributed by atoms with Crippen LogP contribution in [0.4, 0.5) is 0 Å². The molecule has 4 rings (SSSR count). The highest BCUT2D eigenvalue weighted by atomic mass is 32.2. The molecule has 1 heterocycles. The van der Waals surface area contributed by atoms with Crippen LogP contribution in [0.5, 0.6) is 17.2 Å². The Morgan fingerprint density at radius 1 is 0.949 bits per heavy atom. The van der Waals surface area contributed by atoms with Gasteiger partial charge in [0.2, 0.25) is 15.8 Å².